The van der Waals surface area contributed by atoms with Crippen LogP contribution >= 0.6 is 0 Å². The molecule has 0 aromatic heterocycles. The summed E-state index contributed by atoms with van der Waals surface area (Å²) in [7, 11) is 1.76. The summed E-state index contributed by atoms with van der Waals surface area (Å²) in [5, 5.41) is 2.94. The molecule has 2 amide bonds. The Bertz CT molecular complexity index is 791. The van der Waals surface area contributed by atoms with E-state index in [0.29, 0.717) is 6.42 Å². The summed E-state index contributed by atoms with van der Waals surface area (Å²) < 4.78 is 0. The van der Waals surface area contributed by atoms with E-state index in [1.54, 1.807) is 11.9 Å². The Labute approximate surface area is 155 Å². The molecule has 0 bridgehead atoms. The SMILES string of the molecule is CN(C(=O)C1CC1C(=O)Nc1ccc(C(C)(C)C)cc1)c1ccccc1. The number of para-hydroxylation sites is 1. The molecular formula is C22H26N2O2. The summed E-state index contributed by atoms with van der Waals surface area (Å²) in [6.07, 6.45) is 0.613. The molecule has 0 radical (unpaired) electrons. The van der Waals surface area contributed by atoms with E-state index < -0.39 is 0 Å². The molecule has 1 aliphatic carbocycles. The molecule has 2 aromatic carbocycles. The maximum absolute atomic E-state index is 12.6. The second kappa shape index (κ2) is 6.94. The van der Waals surface area contributed by atoms with Crippen LogP contribution in [-0.4, -0.2) is 18.9 Å². The minimum absolute atomic E-state index is 0.000527. The van der Waals surface area contributed by atoms with Gasteiger partial charge in [-0.15, -0.1) is 0 Å². The van der Waals surface area contributed by atoms with Gasteiger partial charge in [0.15, 0.2) is 0 Å². The summed E-state index contributed by atoms with van der Waals surface area (Å²) in [6, 6.07) is 17.4. The quantitative estimate of drug-likeness (QED) is 0.897. The van der Waals surface area contributed by atoms with Crippen LogP contribution in [0, 0.1) is 11.8 Å². The van der Waals surface area contributed by atoms with Crippen LogP contribution in [0.3, 0.4) is 0 Å². The van der Waals surface area contributed by atoms with E-state index in [2.05, 4.69) is 26.1 Å². The van der Waals surface area contributed by atoms with Crippen LogP contribution in [0.4, 0.5) is 11.4 Å². The number of rotatable bonds is 4. The van der Waals surface area contributed by atoms with Crippen LogP contribution in [0.1, 0.15) is 32.8 Å². The first kappa shape index (κ1) is 18.2. The van der Waals surface area contributed by atoms with Gasteiger partial charge in [0.1, 0.15) is 0 Å². The van der Waals surface area contributed by atoms with Gasteiger partial charge >= 0.3 is 0 Å². The lowest BCUT2D eigenvalue weighted by atomic mass is 9.87. The summed E-state index contributed by atoms with van der Waals surface area (Å²) in [5.74, 6) is -0.544. The van der Waals surface area contributed by atoms with E-state index in [4.69, 9.17) is 0 Å². The number of benzene rings is 2. The van der Waals surface area contributed by atoms with Gasteiger partial charge in [-0.25, -0.2) is 0 Å². The van der Waals surface area contributed by atoms with E-state index in [1.165, 1.54) is 5.56 Å². The molecule has 0 aliphatic heterocycles. The molecule has 0 spiro atoms. The molecular weight excluding hydrogens is 324 g/mol. The Hall–Kier alpha value is -2.62. The fraction of sp³-hybridized carbons (Fsp3) is 0.364. The van der Waals surface area contributed by atoms with Gasteiger partial charge < -0.3 is 10.2 Å². The van der Waals surface area contributed by atoms with E-state index in [1.807, 2.05) is 54.6 Å². The van der Waals surface area contributed by atoms with Gasteiger partial charge in [-0.2, -0.15) is 0 Å². The largest absolute Gasteiger partial charge is 0.326 e. The van der Waals surface area contributed by atoms with Gasteiger partial charge in [0, 0.05) is 18.4 Å². The molecule has 1 saturated carbocycles. The van der Waals surface area contributed by atoms with Crippen LogP contribution in [0.25, 0.3) is 0 Å². The van der Waals surface area contributed by atoms with Crippen molar-refractivity contribution < 1.29 is 9.59 Å². The average Bonchev–Trinajstić information content (AvgIpc) is 3.42. The summed E-state index contributed by atoms with van der Waals surface area (Å²) in [6.45, 7) is 6.47. The zero-order valence-corrected chi connectivity index (χ0v) is 15.8. The minimum atomic E-state index is -0.240. The van der Waals surface area contributed by atoms with Gasteiger partial charge in [-0.3, -0.25) is 9.59 Å². The van der Waals surface area contributed by atoms with Crippen molar-refractivity contribution in [2.45, 2.75) is 32.6 Å². The van der Waals surface area contributed by atoms with Crippen molar-refractivity contribution in [1.82, 2.24) is 0 Å². The topological polar surface area (TPSA) is 49.4 Å². The maximum atomic E-state index is 12.6. The molecule has 1 N–H and O–H groups in total. The van der Waals surface area contributed by atoms with Crippen LogP contribution in [0.5, 0.6) is 0 Å². The fourth-order valence-electron chi connectivity index (χ4n) is 3.07. The van der Waals surface area contributed by atoms with Crippen molar-refractivity contribution in [3.05, 3.63) is 60.2 Å². The number of nitrogens with one attached hydrogen (secondary N) is 1. The van der Waals surface area contributed by atoms with Crippen molar-refractivity contribution in [3.63, 3.8) is 0 Å². The van der Waals surface area contributed by atoms with Crippen molar-refractivity contribution in [1.29, 1.82) is 0 Å². The van der Waals surface area contributed by atoms with Crippen LogP contribution < -0.4 is 10.2 Å². The second-order valence-corrected chi connectivity index (χ2v) is 8.00. The van der Waals surface area contributed by atoms with Crippen molar-refractivity contribution in [3.8, 4) is 0 Å². The van der Waals surface area contributed by atoms with E-state index in [-0.39, 0.29) is 29.1 Å². The van der Waals surface area contributed by atoms with Gasteiger partial charge in [0.25, 0.3) is 0 Å². The van der Waals surface area contributed by atoms with Gasteiger partial charge in [-0.1, -0.05) is 51.1 Å². The van der Waals surface area contributed by atoms with Crippen LogP contribution in [-0.2, 0) is 15.0 Å². The fourth-order valence-corrected chi connectivity index (χ4v) is 3.07. The Morgan fingerprint density at radius 3 is 2.15 bits per heavy atom. The summed E-state index contributed by atoms with van der Waals surface area (Å²) in [4.78, 5) is 26.7. The van der Waals surface area contributed by atoms with Gasteiger partial charge in [0.2, 0.25) is 11.8 Å². The molecule has 4 nitrogen and oxygen atoms in total. The molecule has 4 heteroatoms. The van der Waals surface area contributed by atoms with Crippen LogP contribution in [0.15, 0.2) is 54.6 Å². The number of amides is 2. The zero-order valence-electron chi connectivity index (χ0n) is 15.8. The molecule has 136 valence electrons. The number of carbonyl (C=O) groups is 2. The molecule has 2 unspecified atom stereocenters. The number of hydrogen-bond acceptors (Lipinski definition) is 2. The molecule has 26 heavy (non-hydrogen) atoms. The first-order chi connectivity index (χ1) is 12.3. The third-order valence-corrected chi connectivity index (χ3v) is 4.94. The number of carbonyl (C=O) groups excluding carboxylic acids is 2. The molecule has 3 rings (SSSR count). The highest BCUT2D eigenvalue weighted by Crippen LogP contribution is 2.41. The van der Waals surface area contributed by atoms with Crippen molar-refractivity contribution in [2.24, 2.45) is 11.8 Å². The lowest BCUT2D eigenvalue weighted by molar-refractivity contribution is -0.123. The normalized spacial score (nSPS) is 18.9. The molecule has 0 saturated heterocycles. The van der Waals surface area contributed by atoms with Gasteiger partial charge in [-0.05, 0) is 41.7 Å². The minimum Gasteiger partial charge on any atom is -0.326 e. The third kappa shape index (κ3) is 3.96. The Morgan fingerprint density at radius 2 is 1.58 bits per heavy atom. The molecule has 1 aliphatic rings. The second-order valence-electron chi connectivity index (χ2n) is 8.00. The lowest BCUT2D eigenvalue weighted by Crippen LogP contribution is -2.29. The standard InChI is InChI=1S/C22H26N2O2/c1-22(2,3)15-10-12-16(13-11-15)23-20(25)18-14-19(18)21(26)24(4)17-8-6-5-7-9-17/h5-13,18-19H,14H2,1-4H3,(H,23,25). The molecule has 2 atom stereocenters. The van der Waals surface area contributed by atoms with Crippen molar-refractivity contribution >= 4 is 23.2 Å². The Morgan fingerprint density at radius 1 is 0.962 bits per heavy atom. The zero-order chi connectivity index (χ0) is 18.9. The number of anilines is 2. The third-order valence-electron chi connectivity index (χ3n) is 4.94. The van der Waals surface area contributed by atoms with Gasteiger partial charge in [0.05, 0.1) is 11.8 Å². The first-order valence-electron chi connectivity index (χ1n) is 9.01. The van der Waals surface area contributed by atoms with E-state index in [0.717, 1.165) is 11.4 Å². The summed E-state index contributed by atoms with van der Waals surface area (Å²) >= 11 is 0. The first-order valence-corrected chi connectivity index (χ1v) is 9.01. The predicted octanol–water partition coefficient (Wildman–Crippen LogP) is 4.22. The predicted molar refractivity (Wildman–Crippen MR) is 105 cm³/mol. The van der Waals surface area contributed by atoms with E-state index in [9.17, 15) is 9.59 Å². The molecule has 1 fully saturated rings. The maximum Gasteiger partial charge on any atom is 0.230 e. The highest BCUT2D eigenvalue weighted by Gasteiger charge is 2.49. The number of nitrogens with zero attached hydrogens (tertiary/aromatic N) is 1. The Balaban J connectivity index is 1.58. The smallest absolute Gasteiger partial charge is 0.230 e. The lowest BCUT2D eigenvalue weighted by Gasteiger charge is -2.19. The highest BCUT2D eigenvalue weighted by molar-refractivity contribution is 6.04. The summed E-state index contributed by atoms with van der Waals surface area (Å²) in [5.41, 5.74) is 2.93. The monoisotopic (exact) mass is 350 g/mol. The Kier molecular flexibility index (Phi) is 4.86. The molecule has 2 aromatic rings. The highest BCUT2D eigenvalue weighted by atomic mass is 16.2. The van der Waals surface area contributed by atoms with Crippen LogP contribution in [0.2, 0.25) is 0 Å². The average molecular weight is 350 g/mol. The van der Waals surface area contributed by atoms with Crippen molar-refractivity contribution in [2.75, 3.05) is 17.3 Å². The molecule has 0 heterocycles. The van der Waals surface area contributed by atoms with E-state index >= 15 is 0 Å². The number of hydrogen-bond donors (Lipinski definition) is 1.